The van der Waals surface area contributed by atoms with E-state index in [4.69, 9.17) is 5.73 Å². The van der Waals surface area contributed by atoms with Gasteiger partial charge in [0.2, 0.25) is 0 Å². The molecule has 0 bridgehead atoms. The Morgan fingerprint density at radius 3 is 2.56 bits per heavy atom. The number of pyridine rings is 2. The zero-order valence-electron chi connectivity index (χ0n) is 10.8. The number of rotatable bonds is 4. The van der Waals surface area contributed by atoms with E-state index in [1.165, 1.54) is 5.56 Å². The maximum atomic E-state index is 5.77. The van der Waals surface area contributed by atoms with E-state index in [2.05, 4.69) is 14.9 Å². The molecular formula is C14H18N4. The summed E-state index contributed by atoms with van der Waals surface area (Å²) in [7, 11) is 2.04. The predicted molar refractivity (Wildman–Crippen MR) is 74.6 cm³/mol. The summed E-state index contributed by atoms with van der Waals surface area (Å²) < 4.78 is 0. The van der Waals surface area contributed by atoms with Crippen molar-refractivity contribution in [3.05, 3.63) is 47.9 Å². The molecule has 0 aliphatic heterocycles. The fourth-order valence-corrected chi connectivity index (χ4v) is 1.73. The molecule has 18 heavy (non-hydrogen) atoms. The summed E-state index contributed by atoms with van der Waals surface area (Å²) in [6.07, 6.45) is 4.62. The Hall–Kier alpha value is -2.10. The first kappa shape index (κ1) is 12.4. The molecule has 0 aliphatic rings. The van der Waals surface area contributed by atoms with Crippen LogP contribution in [0, 0.1) is 6.92 Å². The van der Waals surface area contributed by atoms with Crippen molar-refractivity contribution in [3.63, 3.8) is 0 Å². The highest BCUT2D eigenvalue weighted by atomic mass is 15.2. The van der Waals surface area contributed by atoms with Gasteiger partial charge in [0.1, 0.15) is 5.82 Å². The van der Waals surface area contributed by atoms with Crippen LogP contribution in [0.4, 0.5) is 11.5 Å². The van der Waals surface area contributed by atoms with Crippen molar-refractivity contribution in [2.75, 3.05) is 24.2 Å². The SMILES string of the molecule is Cc1nc(N(C)CCc2ccncc2)ccc1N. The molecule has 94 valence electrons. The van der Waals surface area contributed by atoms with Gasteiger partial charge in [-0.25, -0.2) is 4.98 Å². The molecule has 0 atom stereocenters. The lowest BCUT2D eigenvalue weighted by atomic mass is 10.2. The Kier molecular flexibility index (Phi) is 3.77. The second-order valence-corrected chi connectivity index (χ2v) is 4.37. The zero-order chi connectivity index (χ0) is 13.0. The first-order valence-corrected chi connectivity index (χ1v) is 6.00. The van der Waals surface area contributed by atoms with Gasteiger partial charge in [-0.2, -0.15) is 0 Å². The van der Waals surface area contributed by atoms with Crippen LogP contribution < -0.4 is 10.6 Å². The largest absolute Gasteiger partial charge is 0.397 e. The molecule has 0 saturated heterocycles. The van der Waals surface area contributed by atoms with Crippen LogP contribution in [-0.4, -0.2) is 23.6 Å². The molecule has 4 nitrogen and oxygen atoms in total. The summed E-state index contributed by atoms with van der Waals surface area (Å²) in [5, 5.41) is 0. The molecule has 0 spiro atoms. The van der Waals surface area contributed by atoms with Crippen LogP contribution in [-0.2, 0) is 6.42 Å². The standard InChI is InChI=1S/C14H18N4/c1-11-13(15)3-4-14(17-11)18(2)10-7-12-5-8-16-9-6-12/h3-6,8-9H,7,10,15H2,1-2H3. The fourth-order valence-electron chi connectivity index (χ4n) is 1.73. The Morgan fingerprint density at radius 1 is 1.17 bits per heavy atom. The first-order valence-electron chi connectivity index (χ1n) is 6.00. The van der Waals surface area contributed by atoms with Gasteiger partial charge in [0, 0.05) is 26.0 Å². The van der Waals surface area contributed by atoms with Gasteiger partial charge in [-0.3, -0.25) is 4.98 Å². The summed E-state index contributed by atoms with van der Waals surface area (Å²) >= 11 is 0. The second-order valence-electron chi connectivity index (χ2n) is 4.37. The van der Waals surface area contributed by atoms with Crippen molar-refractivity contribution in [3.8, 4) is 0 Å². The maximum Gasteiger partial charge on any atom is 0.128 e. The van der Waals surface area contributed by atoms with Crippen LogP contribution in [0.1, 0.15) is 11.3 Å². The van der Waals surface area contributed by atoms with Crippen LogP contribution >= 0.6 is 0 Å². The van der Waals surface area contributed by atoms with Crippen LogP contribution in [0.15, 0.2) is 36.7 Å². The highest BCUT2D eigenvalue weighted by Gasteiger charge is 2.04. The van der Waals surface area contributed by atoms with E-state index in [0.717, 1.165) is 30.2 Å². The third kappa shape index (κ3) is 2.97. The van der Waals surface area contributed by atoms with Crippen molar-refractivity contribution >= 4 is 11.5 Å². The quantitative estimate of drug-likeness (QED) is 0.891. The zero-order valence-corrected chi connectivity index (χ0v) is 10.8. The molecular weight excluding hydrogens is 224 g/mol. The maximum absolute atomic E-state index is 5.77. The van der Waals surface area contributed by atoms with Gasteiger partial charge in [-0.05, 0) is 43.2 Å². The molecule has 0 fully saturated rings. The van der Waals surface area contributed by atoms with Gasteiger partial charge in [0.25, 0.3) is 0 Å². The number of nitrogens with two attached hydrogens (primary N) is 1. The summed E-state index contributed by atoms with van der Waals surface area (Å²) in [5.41, 5.74) is 8.66. The van der Waals surface area contributed by atoms with E-state index in [1.807, 2.05) is 50.6 Å². The number of nitrogens with zero attached hydrogens (tertiary/aromatic N) is 3. The topological polar surface area (TPSA) is 55.0 Å². The average Bonchev–Trinajstić information content (AvgIpc) is 2.40. The minimum Gasteiger partial charge on any atom is -0.397 e. The number of hydrogen-bond acceptors (Lipinski definition) is 4. The smallest absolute Gasteiger partial charge is 0.128 e. The second kappa shape index (κ2) is 5.49. The van der Waals surface area contributed by atoms with Crippen molar-refractivity contribution in [2.24, 2.45) is 0 Å². The number of hydrogen-bond donors (Lipinski definition) is 1. The van der Waals surface area contributed by atoms with E-state index >= 15 is 0 Å². The summed E-state index contributed by atoms with van der Waals surface area (Å²) in [6.45, 7) is 2.84. The van der Waals surface area contributed by atoms with Crippen molar-refractivity contribution in [1.82, 2.24) is 9.97 Å². The van der Waals surface area contributed by atoms with Crippen molar-refractivity contribution in [1.29, 1.82) is 0 Å². The molecule has 2 aromatic rings. The van der Waals surface area contributed by atoms with Gasteiger partial charge in [-0.15, -0.1) is 0 Å². The first-order chi connectivity index (χ1) is 8.66. The van der Waals surface area contributed by atoms with E-state index in [1.54, 1.807) is 0 Å². The van der Waals surface area contributed by atoms with E-state index in [-0.39, 0.29) is 0 Å². The molecule has 2 heterocycles. The molecule has 2 rings (SSSR count). The predicted octanol–water partition coefficient (Wildman–Crippen LogP) is 2.05. The lowest BCUT2D eigenvalue weighted by Crippen LogP contribution is -2.21. The average molecular weight is 242 g/mol. The minimum atomic E-state index is 0.737. The Balaban J connectivity index is 1.99. The van der Waals surface area contributed by atoms with Crippen LogP contribution in [0.2, 0.25) is 0 Å². The number of anilines is 2. The van der Waals surface area contributed by atoms with Crippen molar-refractivity contribution < 1.29 is 0 Å². The van der Waals surface area contributed by atoms with E-state index in [0.29, 0.717) is 0 Å². The molecule has 0 aliphatic carbocycles. The minimum absolute atomic E-state index is 0.737. The Labute approximate surface area is 107 Å². The molecule has 2 aromatic heterocycles. The van der Waals surface area contributed by atoms with Gasteiger partial charge >= 0.3 is 0 Å². The third-order valence-corrected chi connectivity index (χ3v) is 2.99. The van der Waals surface area contributed by atoms with Crippen molar-refractivity contribution in [2.45, 2.75) is 13.3 Å². The molecule has 0 saturated carbocycles. The lowest BCUT2D eigenvalue weighted by Gasteiger charge is -2.18. The Morgan fingerprint density at radius 2 is 1.89 bits per heavy atom. The van der Waals surface area contributed by atoms with E-state index in [9.17, 15) is 0 Å². The highest BCUT2D eigenvalue weighted by molar-refractivity contribution is 5.50. The summed E-state index contributed by atoms with van der Waals surface area (Å²) in [4.78, 5) is 10.6. The molecule has 0 radical (unpaired) electrons. The Bertz CT molecular complexity index is 510. The number of aromatic nitrogens is 2. The fraction of sp³-hybridized carbons (Fsp3) is 0.286. The van der Waals surface area contributed by atoms with Gasteiger partial charge in [-0.1, -0.05) is 0 Å². The van der Waals surface area contributed by atoms with Gasteiger partial charge in [0.05, 0.1) is 11.4 Å². The number of likely N-dealkylation sites (N-methyl/N-ethyl adjacent to an activating group) is 1. The lowest BCUT2D eigenvalue weighted by molar-refractivity contribution is 0.855. The van der Waals surface area contributed by atoms with E-state index < -0.39 is 0 Å². The molecule has 2 N–H and O–H groups in total. The molecule has 0 unspecified atom stereocenters. The third-order valence-electron chi connectivity index (χ3n) is 2.99. The molecule has 4 heteroatoms. The molecule has 0 aromatic carbocycles. The van der Waals surface area contributed by atoms with Crippen LogP contribution in [0.3, 0.4) is 0 Å². The van der Waals surface area contributed by atoms with Crippen LogP contribution in [0.5, 0.6) is 0 Å². The highest BCUT2D eigenvalue weighted by Crippen LogP contribution is 2.15. The summed E-state index contributed by atoms with van der Waals surface area (Å²) in [6, 6.07) is 7.93. The van der Waals surface area contributed by atoms with Crippen LogP contribution in [0.25, 0.3) is 0 Å². The number of nitrogen functional groups attached to an aromatic ring is 1. The number of aryl methyl sites for hydroxylation is 1. The monoisotopic (exact) mass is 242 g/mol. The van der Waals surface area contributed by atoms with Gasteiger partial charge < -0.3 is 10.6 Å². The van der Waals surface area contributed by atoms with Gasteiger partial charge in [0.15, 0.2) is 0 Å². The summed E-state index contributed by atoms with van der Waals surface area (Å²) in [5.74, 6) is 0.954. The molecule has 0 amide bonds. The normalized spacial score (nSPS) is 10.3.